The standard InChI is InChI=1S/C15H21NO/c1-2-3-4-5-6-7-9-13-12-14-15(17-13)10-8-11-16-14/h8,10-12H,2-7,9H2,1H3. The third-order valence-electron chi connectivity index (χ3n) is 3.12. The van der Waals surface area contributed by atoms with E-state index in [0.717, 1.165) is 23.3 Å². The maximum atomic E-state index is 5.73. The van der Waals surface area contributed by atoms with Crippen LogP contribution in [0.3, 0.4) is 0 Å². The van der Waals surface area contributed by atoms with Gasteiger partial charge < -0.3 is 4.42 Å². The summed E-state index contributed by atoms with van der Waals surface area (Å²) in [7, 11) is 0. The minimum absolute atomic E-state index is 0.911. The average molecular weight is 231 g/mol. The molecule has 0 saturated carbocycles. The van der Waals surface area contributed by atoms with Crippen molar-refractivity contribution in [3.05, 3.63) is 30.2 Å². The number of hydrogen-bond donors (Lipinski definition) is 0. The molecule has 0 atom stereocenters. The second kappa shape index (κ2) is 6.43. The lowest BCUT2D eigenvalue weighted by Crippen LogP contribution is -1.83. The zero-order valence-corrected chi connectivity index (χ0v) is 10.6. The summed E-state index contributed by atoms with van der Waals surface area (Å²) in [6.45, 7) is 2.25. The van der Waals surface area contributed by atoms with E-state index >= 15 is 0 Å². The molecule has 0 unspecified atom stereocenters. The summed E-state index contributed by atoms with van der Waals surface area (Å²) in [4.78, 5) is 4.28. The quantitative estimate of drug-likeness (QED) is 0.644. The van der Waals surface area contributed by atoms with Gasteiger partial charge >= 0.3 is 0 Å². The molecule has 92 valence electrons. The number of unbranched alkanes of at least 4 members (excludes halogenated alkanes) is 5. The van der Waals surface area contributed by atoms with E-state index in [1.807, 2.05) is 18.3 Å². The molecule has 2 aromatic heterocycles. The lowest BCUT2D eigenvalue weighted by Gasteiger charge is -1.98. The van der Waals surface area contributed by atoms with Gasteiger partial charge in [0.1, 0.15) is 11.3 Å². The molecule has 0 N–H and O–H groups in total. The second-order valence-corrected chi connectivity index (χ2v) is 4.62. The number of rotatable bonds is 7. The minimum atomic E-state index is 0.911. The van der Waals surface area contributed by atoms with Crippen molar-refractivity contribution >= 4 is 11.1 Å². The van der Waals surface area contributed by atoms with Crippen LogP contribution < -0.4 is 0 Å². The van der Waals surface area contributed by atoms with Crippen LogP contribution in [-0.4, -0.2) is 4.98 Å². The predicted octanol–water partition coefficient (Wildman–Crippen LogP) is 4.73. The fourth-order valence-electron chi connectivity index (χ4n) is 2.12. The van der Waals surface area contributed by atoms with Crippen LogP contribution in [0, 0.1) is 0 Å². The summed E-state index contributed by atoms with van der Waals surface area (Å²) in [6, 6.07) is 5.97. The van der Waals surface area contributed by atoms with Crippen molar-refractivity contribution in [1.29, 1.82) is 0 Å². The number of aromatic nitrogens is 1. The zero-order chi connectivity index (χ0) is 11.9. The predicted molar refractivity (Wildman–Crippen MR) is 71.1 cm³/mol. The molecule has 0 fully saturated rings. The Bertz CT molecular complexity index is 414. The van der Waals surface area contributed by atoms with Crippen LogP contribution >= 0.6 is 0 Å². The molecule has 2 aromatic rings. The van der Waals surface area contributed by atoms with Crippen molar-refractivity contribution in [2.24, 2.45) is 0 Å². The Hall–Kier alpha value is -1.31. The Morgan fingerprint density at radius 3 is 2.76 bits per heavy atom. The lowest BCUT2D eigenvalue weighted by molar-refractivity contribution is 0.521. The molecule has 2 rings (SSSR count). The van der Waals surface area contributed by atoms with Gasteiger partial charge in [-0.15, -0.1) is 0 Å². The van der Waals surface area contributed by atoms with Crippen LogP contribution in [0.4, 0.5) is 0 Å². The molecular weight excluding hydrogens is 210 g/mol. The first-order valence-corrected chi connectivity index (χ1v) is 6.73. The maximum Gasteiger partial charge on any atom is 0.152 e. The van der Waals surface area contributed by atoms with Crippen molar-refractivity contribution < 1.29 is 4.42 Å². The van der Waals surface area contributed by atoms with Crippen LogP contribution in [-0.2, 0) is 6.42 Å². The highest BCUT2D eigenvalue weighted by Gasteiger charge is 2.03. The van der Waals surface area contributed by atoms with E-state index in [2.05, 4.69) is 18.0 Å². The number of aryl methyl sites for hydroxylation is 1. The van der Waals surface area contributed by atoms with E-state index in [1.54, 1.807) is 0 Å². The fraction of sp³-hybridized carbons (Fsp3) is 0.533. The van der Waals surface area contributed by atoms with Crippen molar-refractivity contribution in [2.75, 3.05) is 0 Å². The van der Waals surface area contributed by atoms with E-state index in [1.165, 1.54) is 38.5 Å². The van der Waals surface area contributed by atoms with Crippen LogP contribution in [0.2, 0.25) is 0 Å². The Balaban J connectivity index is 1.75. The first kappa shape index (κ1) is 12.2. The Morgan fingerprint density at radius 1 is 1.12 bits per heavy atom. The van der Waals surface area contributed by atoms with Gasteiger partial charge in [-0.2, -0.15) is 0 Å². The maximum absolute atomic E-state index is 5.73. The lowest BCUT2D eigenvalue weighted by atomic mass is 10.1. The van der Waals surface area contributed by atoms with Crippen LogP contribution in [0.1, 0.15) is 51.2 Å². The fourth-order valence-corrected chi connectivity index (χ4v) is 2.12. The molecule has 2 heterocycles. The second-order valence-electron chi connectivity index (χ2n) is 4.62. The summed E-state index contributed by atoms with van der Waals surface area (Å²) in [6.07, 6.45) is 10.8. The van der Waals surface area contributed by atoms with Gasteiger partial charge in [-0.05, 0) is 18.6 Å². The van der Waals surface area contributed by atoms with Gasteiger partial charge in [0.2, 0.25) is 0 Å². The third kappa shape index (κ3) is 3.58. The normalized spacial score (nSPS) is 11.1. The summed E-state index contributed by atoms with van der Waals surface area (Å²) in [5, 5.41) is 0. The highest BCUT2D eigenvalue weighted by molar-refractivity contribution is 5.72. The first-order valence-electron chi connectivity index (χ1n) is 6.73. The number of hydrogen-bond acceptors (Lipinski definition) is 2. The van der Waals surface area contributed by atoms with E-state index in [0.29, 0.717) is 0 Å². The van der Waals surface area contributed by atoms with E-state index in [-0.39, 0.29) is 0 Å². The third-order valence-corrected chi connectivity index (χ3v) is 3.12. The molecule has 2 nitrogen and oxygen atoms in total. The SMILES string of the molecule is CCCCCCCCc1cc2ncccc2o1. The molecular formula is C15H21NO. The molecule has 0 bridgehead atoms. The van der Waals surface area contributed by atoms with Gasteiger partial charge in [-0.3, -0.25) is 4.98 Å². The van der Waals surface area contributed by atoms with Crippen molar-refractivity contribution in [3.8, 4) is 0 Å². The molecule has 0 aliphatic carbocycles. The van der Waals surface area contributed by atoms with Gasteiger partial charge in [-0.1, -0.05) is 39.0 Å². The largest absolute Gasteiger partial charge is 0.459 e. The molecule has 0 amide bonds. The molecule has 0 aliphatic heterocycles. The summed E-state index contributed by atoms with van der Waals surface area (Å²) in [5.41, 5.74) is 1.89. The topological polar surface area (TPSA) is 26.0 Å². The number of fused-ring (bicyclic) bond motifs is 1. The number of nitrogens with zero attached hydrogens (tertiary/aromatic N) is 1. The number of furan rings is 1. The highest BCUT2D eigenvalue weighted by Crippen LogP contribution is 2.18. The Labute approximate surface area is 103 Å². The van der Waals surface area contributed by atoms with Gasteiger partial charge in [0.15, 0.2) is 5.58 Å². The van der Waals surface area contributed by atoms with Crippen molar-refractivity contribution in [2.45, 2.75) is 51.9 Å². The molecule has 0 aliphatic rings. The number of pyridine rings is 1. The van der Waals surface area contributed by atoms with Crippen LogP contribution in [0.5, 0.6) is 0 Å². The summed E-state index contributed by atoms with van der Waals surface area (Å²) < 4.78 is 5.73. The highest BCUT2D eigenvalue weighted by atomic mass is 16.3. The first-order chi connectivity index (χ1) is 8.40. The molecule has 0 radical (unpaired) electrons. The van der Waals surface area contributed by atoms with Crippen molar-refractivity contribution in [3.63, 3.8) is 0 Å². The van der Waals surface area contributed by atoms with Crippen LogP contribution in [0.25, 0.3) is 11.1 Å². The Morgan fingerprint density at radius 2 is 1.94 bits per heavy atom. The molecule has 0 aromatic carbocycles. The van der Waals surface area contributed by atoms with Crippen molar-refractivity contribution in [1.82, 2.24) is 4.98 Å². The zero-order valence-electron chi connectivity index (χ0n) is 10.6. The minimum Gasteiger partial charge on any atom is -0.459 e. The molecule has 17 heavy (non-hydrogen) atoms. The molecule has 0 saturated heterocycles. The molecule has 2 heteroatoms. The Kier molecular flexibility index (Phi) is 4.60. The summed E-state index contributed by atoms with van der Waals surface area (Å²) in [5.74, 6) is 1.08. The average Bonchev–Trinajstić information content (AvgIpc) is 2.76. The monoisotopic (exact) mass is 231 g/mol. The van der Waals surface area contributed by atoms with Gasteiger partial charge in [0.05, 0.1) is 0 Å². The van der Waals surface area contributed by atoms with E-state index in [4.69, 9.17) is 4.42 Å². The van der Waals surface area contributed by atoms with Gasteiger partial charge in [0, 0.05) is 18.7 Å². The smallest absolute Gasteiger partial charge is 0.152 e. The summed E-state index contributed by atoms with van der Waals surface area (Å²) >= 11 is 0. The van der Waals surface area contributed by atoms with E-state index < -0.39 is 0 Å². The van der Waals surface area contributed by atoms with Crippen LogP contribution in [0.15, 0.2) is 28.8 Å². The van der Waals surface area contributed by atoms with Gasteiger partial charge in [0.25, 0.3) is 0 Å². The van der Waals surface area contributed by atoms with E-state index in [9.17, 15) is 0 Å². The molecule has 0 spiro atoms. The van der Waals surface area contributed by atoms with Gasteiger partial charge in [-0.25, -0.2) is 0 Å².